The van der Waals surface area contributed by atoms with Crippen LogP contribution >= 0.6 is 0 Å². The monoisotopic (exact) mass is 257 g/mol. The van der Waals surface area contributed by atoms with E-state index >= 15 is 0 Å². The summed E-state index contributed by atoms with van der Waals surface area (Å²) < 4.78 is 5.38. The molecule has 1 aromatic carbocycles. The highest BCUT2D eigenvalue weighted by molar-refractivity contribution is 5.35. The summed E-state index contributed by atoms with van der Waals surface area (Å²) >= 11 is 0. The maximum Gasteiger partial charge on any atom is 0.230 e. The van der Waals surface area contributed by atoms with Gasteiger partial charge in [-0.3, -0.25) is 0 Å². The summed E-state index contributed by atoms with van der Waals surface area (Å²) in [6, 6.07) is 10.5. The van der Waals surface area contributed by atoms with Crippen molar-refractivity contribution in [2.24, 2.45) is 5.73 Å². The maximum absolute atomic E-state index is 5.65. The van der Waals surface area contributed by atoms with Crippen molar-refractivity contribution in [3.05, 3.63) is 47.6 Å². The van der Waals surface area contributed by atoms with Gasteiger partial charge in [0.25, 0.3) is 0 Å². The molecule has 1 saturated carbocycles. The third kappa shape index (κ3) is 1.96. The average Bonchev–Trinajstić information content (AvgIpc) is 2.88. The van der Waals surface area contributed by atoms with Crippen molar-refractivity contribution in [2.75, 3.05) is 6.54 Å². The lowest BCUT2D eigenvalue weighted by Crippen LogP contribution is -2.36. The summed E-state index contributed by atoms with van der Waals surface area (Å²) in [5.41, 5.74) is 6.89. The van der Waals surface area contributed by atoms with Crippen LogP contribution in [0.1, 0.15) is 49.4 Å². The third-order valence-electron chi connectivity index (χ3n) is 4.18. The molecule has 3 rings (SSSR count). The first-order valence-electron chi connectivity index (χ1n) is 6.86. The van der Waals surface area contributed by atoms with E-state index in [0.29, 0.717) is 12.4 Å². The number of hydrogen-bond donors (Lipinski definition) is 1. The SMILES string of the molecule is CC(CN)c1nc(C2(c3ccccc3)CCC2)no1. The van der Waals surface area contributed by atoms with Crippen LogP contribution in [0.5, 0.6) is 0 Å². The van der Waals surface area contributed by atoms with Crippen molar-refractivity contribution in [3.8, 4) is 0 Å². The topological polar surface area (TPSA) is 64.9 Å². The van der Waals surface area contributed by atoms with Crippen LogP contribution in [0.3, 0.4) is 0 Å². The number of hydrogen-bond acceptors (Lipinski definition) is 4. The highest BCUT2D eigenvalue weighted by atomic mass is 16.5. The molecule has 2 aromatic rings. The minimum absolute atomic E-state index is 0.0443. The first-order valence-corrected chi connectivity index (χ1v) is 6.86. The third-order valence-corrected chi connectivity index (χ3v) is 4.18. The van der Waals surface area contributed by atoms with Gasteiger partial charge < -0.3 is 10.3 Å². The predicted molar refractivity (Wildman–Crippen MR) is 72.8 cm³/mol. The molecule has 0 spiro atoms. The minimum atomic E-state index is -0.0443. The molecular formula is C15H19N3O. The number of nitrogens with zero attached hydrogens (tertiary/aromatic N) is 2. The maximum atomic E-state index is 5.65. The molecule has 4 nitrogen and oxygen atoms in total. The smallest absolute Gasteiger partial charge is 0.230 e. The molecule has 0 amide bonds. The Labute approximate surface area is 113 Å². The van der Waals surface area contributed by atoms with E-state index in [4.69, 9.17) is 10.3 Å². The quantitative estimate of drug-likeness (QED) is 0.914. The van der Waals surface area contributed by atoms with Crippen LogP contribution in [0.4, 0.5) is 0 Å². The van der Waals surface area contributed by atoms with Crippen LogP contribution in [0.2, 0.25) is 0 Å². The Hall–Kier alpha value is -1.68. The van der Waals surface area contributed by atoms with E-state index in [1.807, 2.05) is 13.0 Å². The molecule has 1 fully saturated rings. The van der Waals surface area contributed by atoms with Gasteiger partial charge in [-0.25, -0.2) is 0 Å². The van der Waals surface area contributed by atoms with Crippen LogP contribution in [0.15, 0.2) is 34.9 Å². The second kappa shape index (κ2) is 4.78. The first-order chi connectivity index (χ1) is 9.26. The number of nitrogens with two attached hydrogens (primary N) is 1. The van der Waals surface area contributed by atoms with Crippen LogP contribution in [0, 0.1) is 0 Å². The molecule has 0 bridgehead atoms. The number of aromatic nitrogens is 2. The van der Waals surface area contributed by atoms with Crippen molar-refractivity contribution in [2.45, 2.75) is 37.5 Å². The van der Waals surface area contributed by atoms with Gasteiger partial charge in [-0.15, -0.1) is 0 Å². The Morgan fingerprint density at radius 1 is 1.32 bits per heavy atom. The fraction of sp³-hybridized carbons (Fsp3) is 0.467. The zero-order valence-corrected chi connectivity index (χ0v) is 11.2. The lowest BCUT2D eigenvalue weighted by Gasteiger charge is -2.39. The lowest BCUT2D eigenvalue weighted by molar-refractivity contribution is 0.270. The summed E-state index contributed by atoms with van der Waals surface area (Å²) in [5, 5.41) is 4.21. The average molecular weight is 257 g/mol. The molecule has 1 heterocycles. The Balaban J connectivity index is 1.97. The lowest BCUT2D eigenvalue weighted by atomic mass is 9.64. The fourth-order valence-electron chi connectivity index (χ4n) is 2.66. The summed E-state index contributed by atoms with van der Waals surface area (Å²) in [6.07, 6.45) is 3.39. The standard InChI is InChI=1S/C15H19N3O/c1-11(10-16)13-17-14(18-19-13)15(8-5-9-15)12-6-3-2-4-7-12/h2-4,6-7,11H,5,8-10,16H2,1H3. The molecule has 0 aliphatic heterocycles. The molecule has 2 N–H and O–H groups in total. The van der Waals surface area contributed by atoms with Crippen molar-refractivity contribution >= 4 is 0 Å². The molecule has 1 aliphatic rings. The largest absolute Gasteiger partial charge is 0.339 e. The van der Waals surface area contributed by atoms with Crippen LogP contribution in [-0.4, -0.2) is 16.7 Å². The molecule has 1 aromatic heterocycles. The van der Waals surface area contributed by atoms with E-state index in [-0.39, 0.29) is 11.3 Å². The Kier molecular flexibility index (Phi) is 3.11. The summed E-state index contributed by atoms with van der Waals surface area (Å²) in [5.74, 6) is 1.59. The molecule has 19 heavy (non-hydrogen) atoms. The van der Waals surface area contributed by atoms with Gasteiger partial charge in [-0.05, 0) is 18.4 Å². The molecule has 0 saturated heterocycles. The molecular weight excluding hydrogens is 238 g/mol. The van der Waals surface area contributed by atoms with Gasteiger partial charge in [0.05, 0.1) is 5.41 Å². The van der Waals surface area contributed by atoms with Gasteiger partial charge in [-0.2, -0.15) is 4.98 Å². The molecule has 1 unspecified atom stereocenters. The van der Waals surface area contributed by atoms with Crippen molar-refractivity contribution in [1.82, 2.24) is 10.1 Å². The molecule has 100 valence electrons. The second-order valence-electron chi connectivity index (χ2n) is 5.39. The molecule has 0 radical (unpaired) electrons. The van der Waals surface area contributed by atoms with Crippen molar-refractivity contribution < 1.29 is 4.52 Å². The van der Waals surface area contributed by atoms with Gasteiger partial charge >= 0.3 is 0 Å². The highest BCUT2D eigenvalue weighted by Crippen LogP contribution is 2.47. The van der Waals surface area contributed by atoms with Gasteiger partial charge in [-0.1, -0.05) is 48.8 Å². The van der Waals surface area contributed by atoms with Crippen molar-refractivity contribution in [3.63, 3.8) is 0 Å². The van der Waals surface area contributed by atoms with Gasteiger partial charge in [0, 0.05) is 12.5 Å². The normalized spacial score (nSPS) is 18.8. The summed E-state index contributed by atoms with van der Waals surface area (Å²) in [7, 11) is 0. The Bertz CT molecular complexity index is 546. The fourth-order valence-corrected chi connectivity index (χ4v) is 2.66. The van der Waals surface area contributed by atoms with E-state index in [0.717, 1.165) is 18.7 Å². The zero-order valence-electron chi connectivity index (χ0n) is 11.2. The van der Waals surface area contributed by atoms with Gasteiger partial charge in [0.1, 0.15) is 0 Å². The Morgan fingerprint density at radius 2 is 2.05 bits per heavy atom. The first kappa shape index (κ1) is 12.4. The van der Waals surface area contributed by atoms with E-state index in [2.05, 4.69) is 34.4 Å². The number of rotatable bonds is 4. The second-order valence-corrected chi connectivity index (χ2v) is 5.39. The van der Waals surface area contributed by atoms with E-state index < -0.39 is 0 Å². The molecule has 4 heteroatoms. The number of benzene rings is 1. The van der Waals surface area contributed by atoms with Crippen LogP contribution in [0.25, 0.3) is 0 Å². The van der Waals surface area contributed by atoms with Crippen LogP contribution in [-0.2, 0) is 5.41 Å². The molecule has 1 aliphatic carbocycles. The van der Waals surface area contributed by atoms with E-state index in [1.54, 1.807) is 0 Å². The predicted octanol–water partition coefficient (Wildman–Crippen LogP) is 2.60. The van der Waals surface area contributed by atoms with Crippen LogP contribution < -0.4 is 5.73 Å². The van der Waals surface area contributed by atoms with E-state index in [9.17, 15) is 0 Å². The zero-order chi connectivity index (χ0) is 13.3. The Morgan fingerprint density at radius 3 is 2.63 bits per heavy atom. The van der Waals surface area contributed by atoms with Gasteiger partial charge in [0.15, 0.2) is 5.82 Å². The van der Waals surface area contributed by atoms with E-state index in [1.165, 1.54) is 12.0 Å². The summed E-state index contributed by atoms with van der Waals surface area (Å²) in [4.78, 5) is 4.59. The highest BCUT2D eigenvalue weighted by Gasteiger charge is 2.44. The van der Waals surface area contributed by atoms with Crippen molar-refractivity contribution in [1.29, 1.82) is 0 Å². The minimum Gasteiger partial charge on any atom is -0.339 e. The summed E-state index contributed by atoms with van der Waals surface area (Å²) in [6.45, 7) is 2.53. The molecule has 1 atom stereocenters. The van der Waals surface area contributed by atoms with Gasteiger partial charge in [0.2, 0.25) is 5.89 Å².